The van der Waals surface area contributed by atoms with Gasteiger partial charge in [0.15, 0.2) is 5.76 Å². The Bertz CT molecular complexity index is 531. The number of unbranched alkanes of at least 4 members (excludes halogenated alkanes) is 1. The molecule has 0 radical (unpaired) electrons. The molecule has 0 saturated carbocycles. The van der Waals surface area contributed by atoms with Crippen LogP contribution in [0.2, 0.25) is 0 Å². The number of aryl methyl sites for hydroxylation is 1. The van der Waals surface area contributed by atoms with Crippen molar-refractivity contribution < 1.29 is 14.4 Å². The van der Waals surface area contributed by atoms with Crippen molar-refractivity contribution in [3.63, 3.8) is 0 Å². The summed E-state index contributed by atoms with van der Waals surface area (Å²) in [6.45, 7) is 2.05. The van der Waals surface area contributed by atoms with Crippen LogP contribution in [-0.2, 0) is 6.42 Å². The Morgan fingerprint density at radius 2 is 2.06 bits per heavy atom. The maximum Gasteiger partial charge on any atom is 0.341 e. The third-order valence-electron chi connectivity index (χ3n) is 2.78. The van der Waals surface area contributed by atoms with Gasteiger partial charge in [0.1, 0.15) is 5.56 Å². The Labute approximate surface area is 105 Å². The molecule has 0 aliphatic heterocycles. The lowest BCUT2D eigenvalue weighted by Crippen LogP contribution is -2.02. The van der Waals surface area contributed by atoms with Gasteiger partial charge >= 0.3 is 5.97 Å². The summed E-state index contributed by atoms with van der Waals surface area (Å²) in [6, 6.07) is 9.19. The molecular formula is C14H15NO3. The molecule has 0 bridgehead atoms. The highest BCUT2D eigenvalue weighted by Gasteiger charge is 2.22. The molecule has 2 rings (SSSR count). The molecule has 4 nitrogen and oxygen atoms in total. The van der Waals surface area contributed by atoms with Gasteiger partial charge in [-0.05, 0) is 12.8 Å². The van der Waals surface area contributed by atoms with Gasteiger partial charge in [-0.25, -0.2) is 4.79 Å². The molecule has 0 aliphatic rings. The van der Waals surface area contributed by atoms with E-state index < -0.39 is 5.97 Å². The first-order valence-electron chi connectivity index (χ1n) is 6.01. The summed E-state index contributed by atoms with van der Waals surface area (Å²) >= 11 is 0. The van der Waals surface area contributed by atoms with Gasteiger partial charge in [-0.1, -0.05) is 48.8 Å². The zero-order chi connectivity index (χ0) is 13.0. The van der Waals surface area contributed by atoms with E-state index in [9.17, 15) is 9.90 Å². The van der Waals surface area contributed by atoms with E-state index in [1.807, 2.05) is 30.3 Å². The Morgan fingerprint density at radius 3 is 2.67 bits per heavy atom. The average molecular weight is 245 g/mol. The van der Waals surface area contributed by atoms with E-state index in [1.54, 1.807) is 0 Å². The number of benzene rings is 1. The van der Waals surface area contributed by atoms with E-state index in [0.29, 0.717) is 17.9 Å². The molecule has 0 spiro atoms. The number of rotatable bonds is 5. The Morgan fingerprint density at radius 1 is 1.33 bits per heavy atom. The quantitative estimate of drug-likeness (QED) is 0.877. The van der Waals surface area contributed by atoms with Crippen LogP contribution in [0.3, 0.4) is 0 Å². The van der Waals surface area contributed by atoms with Crippen LogP contribution in [0.5, 0.6) is 0 Å². The van der Waals surface area contributed by atoms with Crippen molar-refractivity contribution in [3.8, 4) is 11.3 Å². The smallest absolute Gasteiger partial charge is 0.341 e. The minimum absolute atomic E-state index is 0.189. The van der Waals surface area contributed by atoms with Crippen LogP contribution >= 0.6 is 0 Å². The van der Waals surface area contributed by atoms with Crippen LogP contribution in [0.1, 0.15) is 35.8 Å². The number of hydrogen-bond donors (Lipinski definition) is 1. The second kappa shape index (κ2) is 5.49. The van der Waals surface area contributed by atoms with Crippen molar-refractivity contribution in [1.29, 1.82) is 0 Å². The molecule has 18 heavy (non-hydrogen) atoms. The molecule has 1 N–H and O–H groups in total. The molecular weight excluding hydrogens is 230 g/mol. The monoisotopic (exact) mass is 245 g/mol. The van der Waals surface area contributed by atoms with Gasteiger partial charge in [0, 0.05) is 5.56 Å². The standard InChI is InChI=1S/C14H15NO3/c1-2-3-9-11-12(14(16)17)13(18-15-11)10-7-5-4-6-8-10/h4-8H,2-3,9H2,1H3,(H,16,17). The Kier molecular flexibility index (Phi) is 3.77. The number of carboxylic acid groups (broad SMARTS) is 1. The molecule has 0 saturated heterocycles. The van der Waals surface area contributed by atoms with Crippen LogP contribution in [-0.4, -0.2) is 16.2 Å². The highest BCUT2D eigenvalue weighted by molar-refractivity contribution is 5.95. The van der Waals surface area contributed by atoms with Crippen LogP contribution in [0, 0.1) is 0 Å². The van der Waals surface area contributed by atoms with E-state index in [2.05, 4.69) is 12.1 Å². The maximum atomic E-state index is 11.3. The summed E-state index contributed by atoms with van der Waals surface area (Å²) in [5.41, 5.74) is 1.46. The fraction of sp³-hybridized carbons (Fsp3) is 0.286. The van der Waals surface area contributed by atoms with Crippen LogP contribution in [0.15, 0.2) is 34.9 Å². The van der Waals surface area contributed by atoms with Crippen molar-refractivity contribution in [3.05, 3.63) is 41.6 Å². The van der Waals surface area contributed by atoms with Crippen LogP contribution in [0.4, 0.5) is 0 Å². The van der Waals surface area contributed by atoms with Crippen molar-refractivity contribution in [2.24, 2.45) is 0 Å². The fourth-order valence-electron chi connectivity index (χ4n) is 1.85. The predicted octanol–water partition coefficient (Wildman–Crippen LogP) is 3.38. The highest BCUT2D eigenvalue weighted by atomic mass is 16.5. The SMILES string of the molecule is CCCCc1noc(-c2ccccc2)c1C(=O)O. The summed E-state index contributed by atoms with van der Waals surface area (Å²) in [7, 11) is 0. The summed E-state index contributed by atoms with van der Waals surface area (Å²) < 4.78 is 5.21. The lowest BCUT2D eigenvalue weighted by atomic mass is 10.0. The van der Waals surface area contributed by atoms with Gasteiger partial charge in [-0.3, -0.25) is 0 Å². The molecule has 1 aromatic heterocycles. The number of nitrogens with zero attached hydrogens (tertiary/aromatic N) is 1. The molecule has 0 amide bonds. The third-order valence-corrected chi connectivity index (χ3v) is 2.78. The molecule has 0 fully saturated rings. The topological polar surface area (TPSA) is 63.3 Å². The predicted molar refractivity (Wildman–Crippen MR) is 67.5 cm³/mol. The summed E-state index contributed by atoms with van der Waals surface area (Å²) in [4.78, 5) is 11.3. The van der Waals surface area contributed by atoms with Gasteiger partial charge in [0.05, 0.1) is 5.69 Å². The number of carboxylic acids is 1. The summed E-state index contributed by atoms with van der Waals surface area (Å²) in [5, 5.41) is 13.2. The van der Waals surface area contributed by atoms with Crippen molar-refractivity contribution in [2.75, 3.05) is 0 Å². The van der Waals surface area contributed by atoms with Crippen LogP contribution < -0.4 is 0 Å². The first-order valence-corrected chi connectivity index (χ1v) is 6.01. The van der Waals surface area contributed by atoms with E-state index in [0.717, 1.165) is 18.4 Å². The van der Waals surface area contributed by atoms with E-state index in [-0.39, 0.29) is 5.56 Å². The van der Waals surface area contributed by atoms with Gasteiger partial charge in [-0.2, -0.15) is 0 Å². The summed E-state index contributed by atoms with van der Waals surface area (Å²) in [5.74, 6) is -0.643. The van der Waals surface area contributed by atoms with Gasteiger partial charge in [-0.15, -0.1) is 0 Å². The Balaban J connectivity index is 2.42. The number of aromatic nitrogens is 1. The normalized spacial score (nSPS) is 10.5. The molecule has 1 heterocycles. The second-order valence-electron chi connectivity index (χ2n) is 4.11. The zero-order valence-electron chi connectivity index (χ0n) is 10.2. The second-order valence-corrected chi connectivity index (χ2v) is 4.11. The number of carbonyl (C=O) groups is 1. The zero-order valence-corrected chi connectivity index (χ0v) is 10.2. The highest BCUT2D eigenvalue weighted by Crippen LogP contribution is 2.27. The average Bonchev–Trinajstić information content (AvgIpc) is 2.81. The third kappa shape index (κ3) is 2.42. The van der Waals surface area contributed by atoms with Crippen molar-refractivity contribution in [2.45, 2.75) is 26.2 Å². The largest absolute Gasteiger partial charge is 0.477 e. The van der Waals surface area contributed by atoms with E-state index in [1.165, 1.54) is 0 Å². The number of aromatic carboxylic acids is 1. The van der Waals surface area contributed by atoms with E-state index >= 15 is 0 Å². The molecule has 2 aromatic rings. The Hall–Kier alpha value is -2.10. The fourth-order valence-corrected chi connectivity index (χ4v) is 1.85. The maximum absolute atomic E-state index is 11.3. The van der Waals surface area contributed by atoms with Crippen molar-refractivity contribution in [1.82, 2.24) is 5.16 Å². The lowest BCUT2D eigenvalue weighted by molar-refractivity contribution is 0.0696. The van der Waals surface area contributed by atoms with Crippen LogP contribution in [0.25, 0.3) is 11.3 Å². The molecule has 1 aromatic carbocycles. The lowest BCUT2D eigenvalue weighted by Gasteiger charge is -1.99. The summed E-state index contributed by atoms with van der Waals surface area (Å²) in [6.07, 6.45) is 2.53. The van der Waals surface area contributed by atoms with Gasteiger partial charge in [0.2, 0.25) is 0 Å². The first kappa shape index (κ1) is 12.4. The molecule has 4 heteroatoms. The van der Waals surface area contributed by atoms with Gasteiger partial charge < -0.3 is 9.63 Å². The molecule has 0 unspecified atom stereocenters. The van der Waals surface area contributed by atoms with Crippen molar-refractivity contribution >= 4 is 5.97 Å². The first-order chi connectivity index (χ1) is 8.74. The molecule has 0 atom stereocenters. The number of hydrogen-bond acceptors (Lipinski definition) is 3. The molecule has 94 valence electrons. The minimum atomic E-state index is -0.985. The minimum Gasteiger partial charge on any atom is -0.477 e. The molecule has 0 aliphatic carbocycles. The van der Waals surface area contributed by atoms with E-state index in [4.69, 9.17) is 4.52 Å². The van der Waals surface area contributed by atoms with Gasteiger partial charge in [0.25, 0.3) is 0 Å².